The van der Waals surface area contributed by atoms with E-state index in [0.717, 1.165) is 51.3 Å². The summed E-state index contributed by atoms with van der Waals surface area (Å²) in [5, 5.41) is 11.3. The van der Waals surface area contributed by atoms with E-state index in [0.29, 0.717) is 18.7 Å². The Morgan fingerprint density at radius 2 is 1.69 bits per heavy atom. The van der Waals surface area contributed by atoms with Crippen molar-refractivity contribution in [2.45, 2.75) is 19.4 Å². The number of aromatic nitrogens is 1. The highest BCUT2D eigenvalue weighted by molar-refractivity contribution is 6.00. The summed E-state index contributed by atoms with van der Waals surface area (Å²) in [5.41, 5.74) is 2.43. The van der Waals surface area contributed by atoms with E-state index >= 15 is 0 Å². The molecule has 0 N–H and O–H groups in total. The number of amides is 1. The van der Waals surface area contributed by atoms with Crippen molar-refractivity contribution in [1.82, 2.24) is 14.8 Å². The Balaban J connectivity index is 1.47. The maximum atomic E-state index is 13.3. The van der Waals surface area contributed by atoms with E-state index in [1.54, 1.807) is 18.5 Å². The maximum absolute atomic E-state index is 13.3. The molecule has 152 valence electrons. The van der Waals surface area contributed by atoms with Crippen LogP contribution in [0.2, 0.25) is 0 Å². The molecule has 8 heteroatoms. The third-order valence-corrected chi connectivity index (χ3v) is 5.68. The summed E-state index contributed by atoms with van der Waals surface area (Å²) < 4.78 is 0. The number of non-ortho nitro benzene ring substituents is 1. The second-order valence-corrected chi connectivity index (χ2v) is 7.58. The number of piperazine rings is 1. The zero-order chi connectivity index (χ0) is 20.2. The molecule has 0 atom stereocenters. The van der Waals surface area contributed by atoms with Gasteiger partial charge in [-0.25, -0.2) is 0 Å². The summed E-state index contributed by atoms with van der Waals surface area (Å²) in [6, 6.07) is 8.68. The number of carbonyl (C=O) groups excluding carboxylic acids is 1. The highest BCUT2D eigenvalue weighted by atomic mass is 16.6. The summed E-state index contributed by atoms with van der Waals surface area (Å²) >= 11 is 0. The molecule has 0 aliphatic carbocycles. The van der Waals surface area contributed by atoms with Crippen LogP contribution in [0, 0.1) is 10.1 Å². The van der Waals surface area contributed by atoms with Gasteiger partial charge >= 0.3 is 0 Å². The summed E-state index contributed by atoms with van der Waals surface area (Å²) in [6.07, 6.45) is 5.74. The molecular weight excluding hydrogens is 370 g/mol. The van der Waals surface area contributed by atoms with Crippen molar-refractivity contribution in [3.8, 4) is 0 Å². The van der Waals surface area contributed by atoms with Crippen LogP contribution in [-0.4, -0.2) is 64.9 Å². The van der Waals surface area contributed by atoms with E-state index in [4.69, 9.17) is 0 Å². The molecule has 0 saturated carbocycles. The molecule has 2 saturated heterocycles. The van der Waals surface area contributed by atoms with Crippen molar-refractivity contribution in [3.05, 3.63) is 64.0 Å². The van der Waals surface area contributed by atoms with Crippen molar-refractivity contribution in [2.75, 3.05) is 44.2 Å². The fourth-order valence-corrected chi connectivity index (χ4v) is 4.07. The molecule has 2 aliphatic heterocycles. The Kier molecular flexibility index (Phi) is 5.71. The summed E-state index contributed by atoms with van der Waals surface area (Å²) in [5.74, 6) is -0.112. The lowest BCUT2D eigenvalue weighted by molar-refractivity contribution is -0.384. The van der Waals surface area contributed by atoms with Crippen LogP contribution in [0.5, 0.6) is 0 Å². The van der Waals surface area contributed by atoms with Gasteiger partial charge in [0.05, 0.1) is 16.2 Å². The molecule has 2 fully saturated rings. The number of benzene rings is 1. The molecule has 4 rings (SSSR count). The number of hydrogen-bond donors (Lipinski definition) is 0. The van der Waals surface area contributed by atoms with E-state index in [1.165, 1.54) is 17.7 Å². The first-order valence-corrected chi connectivity index (χ1v) is 10.1. The molecule has 0 radical (unpaired) electrons. The van der Waals surface area contributed by atoms with E-state index in [2.05, 4.69) is 14.8 Å². The van der Waals surface area contributed by atoms with Gasteiger partial charge in [0.2, 0.25) is 0 Å². The minimum Gasteiger partial charge on any atom is -0.371 e. The summed E-state index contributed by atoms with van der Waals surface area (Å²) in [7, 11) is 0. The van der Waals surface area contributed by atoms with Crippen LogP contribution >= 0.6 is 0 Å². The zero-order valence-corrected chi connectivity index (χ0v) is 16.4. The van der Waals surface area contributed by atoms with Gasteiger partial charge in [-0.2, -0.15) is 0 Å². The molecule has 1 amide bonds. The first kappa shape index (κ1) is 19.3. The number of carbonyl (C=O) groups is 1. The lowest BCUT2D eigenvalue weighted by Crippen LogP contribution is -2.48. The van der Waals surface area contributed by atoms with Crippen LogP contribution in [0.1, 0.15) is 28.8 Å². The fraction of sp³-hybridized carbons (Fsp3) is 0.429. The Morgan fingerprint density at radius 3 is 2.34 bits per heavy atom. The molecule has 8 nitrogen and oxygen atoms in total. The predicted molar refractivity (Wildman–Crippen MR) is 110 cm³/mol. The van der Waals surface area contributed by atoms with Gasteiger partial charge in [0.1, 0.15) is 0 Å². The Bertz CT molecular complexity index is 875. The third kappa shape index (κ3) is 4.37. The number of nitro benzene ring substituents is 1. The molecule has 0 spiro atoms. The van der Waals surface area contributed by atoms with Crippen LogP contribution in [-0.2, 0) is 6.54 Å². The monoisotopic (exact) mass is 395 g/mol. The largest absolute Gasteiger partial charge is 0.371 e. The quantitative estimate of drug-likeness (QED) is 0.572. The lowest BCUT2D eigenvalue weighted by atomic mass is 10.1. The van der Waals surface area contributed by atoms with Gasteiger partial charge in [-0.3, -0.25) is 24.8 Å². The second-order valence-electron chi connectivity index (χ2n) is 7.58. The van der Waals surface area contributed by atoms with Crippen molar-refractivity contribution >= 4 is 17.3 Å². The number of pyridine rings is 1. The standard InChI is InChI=1S/C21H25N5O3/c27-21(25-13-11-23(12-14-25)16-17-5-7-22-8-6-17)19-15-18(26(28)29)3-4-20(19)24-9-1-2-10-24/h3-8,15H,1-2,9-14,16H2. The zero-order valence-electron chi connectivity index (χ0n) is 16.4. The van der Waals surface area contributed by atoms with Crippen LogP contribution in [0.15, 0.2) is 42.7 Å². The Hall–Kier alpha value is -3.00. The summed E-state index contributed by atoms with van der Waals surface area (Å²) in [6.45, 7) is 5.40. The van der Waals surface area contributed by atoms with Crippen LogP contribution in [0.3, 0.4) is 0 Å². The molecule has 1 aromatic carbocycles. The Labute approximate surface area is 169 Å². The van der Waals surface area contributed by atoms with Gasteiger partial charge in [-0.1, -0.05) is 0 Å². The summed E-state index contributed by atoms with van der Waals surface area (Å²) in [4.78, 5) is 34.4. The number of anilines is 1. The first-order chi connectivity index (χ1) is 14.1. The van der Waals surface area contributed by atoms with Crippen molar-refractivity contribution in [2.24, 2.45) is 0 Å². The molecule has 0 unspecified atom stereocenters. The molecule has 2 aromatic rings. The number of rotatable bonds is 5. The highest BCUT2D eigenvalue weighted by Gasteiger charge is 2.28. The fourth-order valence-electron chi connectivity index (χ4n) is 4.07. The number of nitro groups is 1. The normalized spacial score (nSPS) is 17.5. The molecule has 2 aliphatic rings. The van der Waals surface area contributed by atoms with Crippen molar-refractivity contribution in [3.63, 3.8) is 0 Å². The van der Waals surface area contributed by atoms with E-state index < -0.39 is 4.92 Å². The lowest BCUT2D eigenvalue weighted by Gasteiger charge is -2.35. The van der Waals surface area contributed by atoms with Crippen molar-refractivity contribution < 1.29 is 9.72 Å². The number of nitrogens with zero attached hydrogens (tertiary/aromatic N) is 5. The molecular formula is C21H25N5O3. The second kappa shape index (κ2) is 8.57. The third-order valence-electron chi connectivity index (χ3n) is 5.68. The van der Waals surface area contributed by atoms with Gasteiger partial charge in [0.15, 0.2) is 0 Å². The molecule has 1 aromatic heterocycles. The average Bonchev–Trinajstić information content (AvgIpc) is 3.29. The van der Waals surface area contributed by atoms with Crippen LogP contribution < -0.4 is 4.90 Å². The average molecular weight is 395 g/mol. The van der Waals surface area contributed by atoms with Crippen LogP contribution in [0.4, 0.5) is 11.4 Å². The minimum atomic E-state index is -0.433. The van der Waals surface area contributed by atoms with Crippen LogP contribution in [0.25, 0.3) is 0 Å². The van der Waals surface area contributed by atoms with Gasteiger partial charge in [-0.05, 0) is 36.6 Å². The molecule has 0 bridgehead atoms. The predicted octanol–water partition coefficient (Wildman–Crippen LogP) is 2.55. The highest BCUT2D eigenvalue weighted by Crippen LogP contribution is 2.29. The van der Waals surface area contributed by atoms with E-state index in [9.17, 15) is 14.9 Å². The molecule has 3 heterocycles. The maximum Gasteiger partial charge on any atom is 0.270 e. The van der Waals surface area contributed by atoms with Crippen molar-refractivity contribution in [1.29, 1.82) is 0 Å². The first-order valence-electron chi connectivity index (χ1n) is 10.1. The Morgan fingerprint density at radius 1 is 1.00 bits per heavy atom. The topological polar surface area (TPSA) is 82.8 Å². The van der Waals surface area contributed by atoms with E-state index in [-0.39, 0.29) is 11.6 Å². The smallest absolute Gasteiger partial charge is 0.270 e. The van der Waals surface area contributed by atoms with E-state index in [1.807, 2.05) is 17.0 Å². The van der Waals surface area contributed by atoms with Gasteiger partial charge in [-0.15, -0.1) is 0 Å². The number of hydrogen-bond acceptors (Lipinski definition) is 6. The van der Waals surface area contributed by atoms with Gasteiger partial charge in [0, 0.05) is 70.3 Å². The minimum absolute atomic E-state index is 0.0346. The molecule has 29 heavy (non-hydrogen) atoms. The SMILES string of the molecule is O=C(c1cc([N+](=O)[O-])ccc1N1CCCC1)N1CCN(Cc2ccncc2)CC1. The van der Waals surface area contributed by atoms with Gasteiger partial charge in [0.25, 0.3) is 11.6 Å². The van der Waals surface area contributed by atoms with Gasteiger partial charge < -0.3 is 9.80 Å².